The molecule has 10 nitrogen and oxygen atoms in total. The van der Waals surface area contributed by atoms with Crippen LogP contribution in [-0.2, 0) is 0 Å². The summed E-state index contributed by atoms with van der Waals surface area (Å²) in [5.41, 5.74) is 0.604. The zero-order valence-corrected chi connectivity index (χ0v) is 19.5. The van der Waals surface area contributed by atoms with Crippen molar-refractivity contribution in [2.45, 2.75) is 0 Å². The van der Waals surface area contributed by atoms with E-state index in [2.05, 4.69) is 10.6 Å². The molecule has 0 aliphatic rings. The van der Waals surface area contributed by atoms with Crippen molar-refractivity contribution >= 4 is 29.2 Å². The highest BCUT2D eigenvalue weighted by Gasteiger charge is 2.22. The molecule has 0 aliphatic heterocycles. The Hall–Kier alpha value is -4.73. The smallest absolute Gasteiger partial charge is 0.339 e. The van der Waals surface area contributed by atoms with Gasteiger partial charge in [0.1, 0.15) is 28.6 Å². The fourth-order valence-corrected chi connectivity index (χ4v) is 3.41. The Morgan fingerprint density at radius 1 is 0.629 bits per heavy atom. The second-order valence-corrected chi connectivity index (χ2v) is 7.05. The van der Waals surface area contributed by atoms with Crippen molar-refractivity contribution in [1.29, 1.82) is 0 Å². The molecule has 0 heterocycles. The number of carbonyl (C=O) groups excluding carboxylic acids is 2. The number of anilines is 2. The zero-order valence-electron chi connectivity index (χ0n) is 19.5. The Balaban J connectivity index is 1.98. The quantitative estimate of drug-likeness (QED) is 0.420. The number of aromatic carboxylic acids is 1. The Labute approximate surface area is 201 Å². The summed E-state index contributed by atoms with van der Waals surface area (Å²) in [4.78, 5) is 37.5. The molecule has 10 heteroatoms. The Morgan fingerprint density at radius 2 is 1.14 bits per heavy atom. The first-order valence-corrected chi connectivity index (χ1v) is 10.3. The standard InChI is InChI=1S/C25H24N2O8/c1-32-19-11-6-5-8-14(19)23(28)26-17-12-18(21(34-3)13-20(17)33-2)27-24(29)15-9-7-10-16(25(30)31)22(15)35-4/h5-13H,1-4H3,(H,26,28)(H,27,29)(H,30,31). The largest absolute Gasteiger partial charge is 0.496 e. The van der Waals surface area contributed by atoms with Gasteiger partial charge in [0, 0.05) is 6.07 Å². The fraction of sp³-hybridized carbons (Fsp3) is 0.160. The minimum atomic E-state index is -1.24. The number of methoxy groups -OCH3 is 4. The average Bonchev–Trinajstić information content (AvgIpc) is 2.88. The van der Waals surface area contributed by atoms with E-state index in [0.29, 0.717) is 11.3 Å². The van der Waals surface area contributed by atoms with Crippen molar-refractivity contribution in [2.75, 3.05) is 39.1 Å². The number of ether oxygens (including phenoxy) is 4. The van der Waals surface area contributed by atoms with Crippen molar-refractivity contribution in [3.63, 3.8) is 0 Å². The maximum Gasteiger partial charge on any atom is 0.339 e. The number of nitrogens with one attached hydrogen (secondary N) is 2. The third kappa shape index (κ3) is 5.27. The van der Waals surface area contributed by atoms with Gasteiger partial charge in [0.05, 0.1) is 50.9 Å². The number of amides is 2. The van der Waals surface area contributed by atoms with E-state index in [4.69, 9.17) is 18.9 Å². The second-order valence-electron chi connectivity index (χ2n) is 7.05. The molecule has 0 aliphatic carbocycles. The molecular weight excluding hydrogens is 456 g/mol. The van der Waals surface area contributed by atoms with Gasteiger partial charge in [-0.15, -0.1) is 0 Å². The van der Waals surface area contributed by atoms with Crippen LogP contribution in [0.5, 0.6) is 23.0 Å². The van der Waals surface area contributed by atoms with Gasteiger partial charge >= 0.3 is 5.97 Å². The van der Waals surface area contributed by atoms with Gasteiger partial charge in [0.2, 0.25) is 0 Å². The number of carboxylic acid groups (broad SMARTS) is 1. The molecule has 0 spiro atoms. The topological polar surface area (TPSA) is 132 Å². The normalized spacial score (nSPS) is 10.2. The molecular formula is C25H24N2O8. The van der Waals surface area contributed by atoms with E-state index in [1.165, 1.54) is 58.8 Å². The monoisotopic (exact) mass is 480 g/mol. The maximum absolute atomic E-state index is 13.1. The molecule has 0 atom stereocenters. The van der Waals surface area contributed by atoms with Crippen LogP contribution < -0.4 is 29.6 Å². The van der Waals surface area contributed by atoms with Gasteiger partial charge in [-0.05, 0) is 30.3 Å². The summed E-state index contributed by atoms with van der Waals surface area (Å²) in [6.45, 7) is 0. The molecule has 182 valence electrons. The molecule has 3 aromatic rings. The summed E-state index contributed by atoms with van der Waals surface area (Å²) < 4.78 is 21.2. The van der Waals surface area contributed by atoms with E-state index in [0.717, 1.165) is 0 Å². The summed E-state index contributed by atoms with van der Waals surface area (Å²) in [6, 6.07) is 13.9. The maximum atomic E-state index is 13.1. The van der Waals surface area contributed by atoms with Crippen LogP contribution in [0.25, 0.3) is 0 Å². The van der Waals surface area contributed by atoms with Crippen molar-refractivity contribution in [3.8, 4) is 23.0 Å². The van der Waals surface area contributed by atoms with Gasteiger partial charge in [-0.1, -0.05) is 18.2 Å². The van der Waals surface area contributed by atoms with Crippen LogP contribution in [0.15, 0.2) is 54.6 Å². The molecule has 3 rings (SSSR count). The van der Waals surface area contributed by atoms with Crippen molar-refractivity contribution < 1.29 is 38.4 Å². The second kappa shape index (κ2) is 10.9. The van der Waals surface area contributed by atoms with Gasteiger partial charge in [-0.3, -0.25) is 9.59 Å². The van der Waals surface area contributed by atoms with Crippen LogP contribution >= 0.6 is 0 Å². The number of hydrogen-bond acceptors (Lipinski definition) is 7. The van der Waals surface area contributed by atoms with E-state index in [9.17, 15) is 19.5 Å². The van der Waals surface area contributed by atoms with Crippen LogP contribution in [0.4, 0.5) is 11.4 Å². The minimum Gasteiger partial charge on any atom is -0.496 e. The van der Waals surface area contributed by atoms with E-state index in [1.54, 1.807) is 24.3 Å². The first kappa shape index (κ1) is 24.9. The predicted octanol–water partition coefficient (Wildman–Crippen LogP) is 3.92. The molecule has 0 saturated heterocycles. The van der Waals surface area contributed by atoms with Gasteiger partial charge in [-0.25, -0.2) is 4.79 Å². The number of rotatable bonds is 9. The lowest BCUT2D eigenvalue weighted by Crippen LogP contribution is -2.17. The molecule has 0 aromatic heterocycles. The van der Waals surface area contributed by atoms with Gasteiger partial charge in [0.15, 0.2) is 0 Å². The summed E-state index contributed by atoms with van der Waals surface area (Å²) in [5, 5.41) is 14.8. The van der Waals surface area contributed by atoms with Gasteiger partial charge in [-0.2, -0.15) is 0 Å². The van der Waals surface area contributed by atoms with Gasteiger partial charge in [0.25, 0.3) is 11.8 Å². The van der Waals surface area contributed by atoms with Crippen molar-refractivity contribution in [3.05, 3.63) is 71.3 Å². The summed E-state index contributed by atoms with van der Waals surface area (Å²) in [7, 11) is 5.57. The van der Waals surface area contributed by atoms with Crippen LogP contribution in [0.3, 0.4) is 0 Å². The summed E-state index contributed by atoms with van der Waals surface area (Å²) >= 11 is 0. The molecule has 2 amide bonds. The highest BCUT2D eigenvalue weighted by atomic mass is 16.5. The Kier molecular flexibility index (Phi) is 7.77. The Morgan fingerprint density at radius 3 is 1.69 bits per heavy atom. The number of hydrogen-bond donors (Lipinski definition) is 3. The van der Waals surface area contributed by atoms with Gasteiger partial charge < -0.3 is 34.7 Å². The number of carbonyl (C=O) groups is 3. The molecule has 0 radical (unpaired) electrons. The van der Waals surface area contributed by atoms with Crippen molar-refractivity contribution in [2.24, 2.45) is 0 Å². The Bertz CT molecular complexity index is 1270. The third-order valence-electron chi connectivity index (χ3n) is 5.06. The number of carboxylic acids is 1. The van der Waals surface area contributed by atoms with E-state index >= 15 is 0 Å². The average molecular weight is 480 g/mol. The van der Waals surface area contributed by atoms with Crippen LogP contribution in [0.2, 0.25) is 0 Å². The molecule has 3 N–H and O–H groups in total. The highest BCUT2D eigenvalue weighted by molar-refractivity contribution is 6.10. The number of benzene rings is 3. The minimum absolute atomic E-state index is 0.00452. The zero-order chi connectivity index (χ0) is 25.5. The first-order valence-electron chi connectivity index (χ1n) is 10.3. The molecule has 0 bridgehead atoms. The van der Waals surface area contributed by atoms with Crippen LogP contribution in [-0.4, -0.2) is 51.3 Å². The van der Waals surface area contributed by atoms with E-state index < -0.39 is 17.8 Å². The third-order valence-corrected chi connectivity index (χ3v) is 5.06. The molecule has 0 saturated carbocycles. The first-order chi connectivity index (χ1) is 16.8. The summed E-state index contributed by atoms with van der Waals surface area (Å²) in [5.74, 6) is -1.51. The lowest BCUT2D eigenvalue weighted by Gasteiger charge is -2.17. The van der Waals surface area contributed by atoms with E-state index in [-0.39, 0.29) is 39.8 Å². The SMILES string of the molecule is COc1cc(OC)c(NC(=O)c2cccc(C(=O)O)c2OC)cc1NC(=O)c1ccccc1OC. The molecule has 3 aromatic carbocycles. The predicted molar refractivity (Wildman–Crippen MR) is 128 cm³/mol. The van der Waals surface area contributed by atoms with Crippen LogP contribution in [0.1, 0.15) is 31.1 Å². The highest BCUT2D eigenvalue weighted by Crippen LogP contribution is 2.37. The lowest BCUT2D eigenvalue weighted by atomic mass is 10.1. The van der Waals surface area contributed by atoms with Crippen molar-refractivity contribution in [1.82, 2.24) is 0 Å². The lowest BCUT2D eigenvalue weighted by molar-refractivity contribution is 0.0693. The number of para-hydroxylation sites is 2. The fourth-order valence-electron chi connectivity index (χ4n) is 3.41. The van der Waals surface area contributed by atoms with Crippen LogP contribution in [0, 0.1) is 0 Å². The molecule has 0 unspecified atom stereocenters. The molecule has 35 heavy (non-hydrogen) atoms. The van der Waals surface area contributed by atoms with E-state index in [1.807, 2.05) is 0 Å². The molecule has 0 fully saturated rings. The summed E-state index contributed by atoms with van der Waals surface area (Å²) in [6.07, 6.45) is 0.